The van der Waals surface area contributed by atoms with Crippen LogP contribution in [-0.4, -0.2) is 28.7 Å². The van der Waals surface area contributed by atoms with Crippen molar-refractivity contribution in [3.63, 3.8) is 0 Å². The SMILES string of the molecule is COCCn1nnc(Br)c1CCl. The molecule has 0 amide bonds. The zero-order valence-corrected chi connectivity index (χ0v) is 8.97. The molecule has 0 spiro atoms. The number of ether oxygens (including phenoxy) is 1. The highest BCUT2D eigenvalue weighted by molar-refractivity contribution is 9.10. The minimum absolute atomic E-state index is 0.400. The molecule has 0 N–H and O–H groups in total. The molecule has 0 aliphatic carbocycles. The lowest BCUT2D eigenvalue weighted by atomic mass is 10.5. The highest BCUT2D eigenvalue weighted by Crippen LogP contribution is 2.14. The lowest BCUT2D eigenvalue weighted by Crippen LogP contribution is -2.08. The van der Waals surface area contributed by atoms with Crippen LogP contribution in [0.5, 0.6) is 0 Å². The van der Waals surface area contributed by atoms with Crippen molar-refractivity contribution >= 4 is 27.5 Å². The van der Waals surface area contributed by atoms with Crippen LogP contribution in [0.25, 0.3) is 0 Å². The first kappa shape index (κ1) is 9.95. The zero-order chi connectivity index (χ0) is 8.97. The fraction of sp³-hybridized carbons (Fsp3) is 0.667. The summed E-state index contributed by atoms with van der Waals surface area (Å²) in [7, 11) is 1.65. The molecular weight excluding hydrogens is 245 g/mol. The summed E-state index contributed by atoms with van der Waals surface area (Å²) in [5.41, 5.74) is 0.883. The topological polar surface area (TPSA) is 39.9 Å². The fourth-order valence-corrected chi connectivity index (χ4v) is 1.63. The summed E-state index contributed by atoms with van der Waals surface area (Å²) in [6, 6.07) is 0. The minimum Gasteiger partial charge on any atom is -0.383 e. The van der Waals surface area contributed by atoms with Crippen molar-refractivity contribution in [2.75, 3.05) is 13.7 Å². The van der Waals surface area contributed by atoms with Crippen LogP contribution in [0.2, 0.25) is 0 Å². The number of hydrogen-bond acceptors (Lipinski definition) is 3. The molecular formula is C6H9BrClN3O. The number of rotatable bonds is 4. The van der Waals surface area contributed by atoms with E-state index in [9.17, 15) is 0 Å². The van der Waals surface area contributed by atoms with E-state index in [-0.39, 0.29) is 0 Å². The molecule has 1 rings (SSSR count). The Kier molecular flexibility index (Phi) is 3.97. The van der Waals surface area contributed by atoms with E-state index in [1.807, 2.05) is 0 Å². The van der Waals surface area contributed by atoms with Crippen molar-refractivity contribution in [2.45, 2.75) is 12.4 Å². The molecule has 12 heavy (non-hydrogen) atoms. The second-order valence-corrected chi connectivity index (χ2v) is 3.19. The van der Waals surface area contributed by atoms with Gasteiger partial charge in [-0.05, 0) is 15.9 Å². The monoisotopic (exact) mass is 253 g/mol. The lowest BCUT2D eigenvalue weighted by molar-refractivity contribution is 0.182. The quantitative estimate of drug-likeness (QED) is 0.763. The number of aromatic nitrogens is 3. The van der Waals surface area contributed by atoms with Gasteiger partial charge >= 0.3 is 0 Å². The van der Waals surface area contributed by atoms with Gasteiger partial charge in [-0.2, -0.15) is 0 Å². The van der Waals surface area contributed by atoms with Gasteiger partial charge in [0.05, 0.1) is 24.7 Å². The fourth-order valence-electron chi connectivity index (χ4n) is 0.793. The van der Waals surface area contributed by atoms with Gasteiger partial charge in [-0.25, -0.2) is 4.68 Å². The molecule has 1 aromatic rings. The second-order valence-electron chi connectivity index (χ2n) is 2.18. The van der Waals surface area contributed by atoms with Gasteiger partial charge in [0.2, 0.25) is 0 Å². The van der Waals surface area contributed by atoms with Crippen molar-refractivity contribution < 1.29 is 4.74 Å². The summed E-state index contributed by atoms with van der Waals surface area (Å²) in [6.07, 6.45) is 0. The molecule has 1 heterocycles. The number of alkyl halides is 1. The molecule has 0 radical (unpaired) electrons. The average molecular weight is 255 g/mol. The number of hydrogen-bond donors (Lipinski definition) is 0. The molecule has 0 aliphatic heterocycles. The van der Waals surface area contributed by atoms with E-state index < -0.39 is 0 Å². The van der Waals surface area contributed by atoms with Crippen LogP contribution in [0.3, 0.4) is 0 Å². The maximum absolute atomic E-state index is 5.69. The second kappa shape index (κ2) is 4.79. The van der Waals surface area contributed by atoms with Gasteiger partial charge in [0.25, 0.3) is 0 Å². The van der Waals surface area contributed by atoms with Gasteiger partial charge in [0, 0.05) is 7.11 Å². The van der Waals surface area contributed by atoms with Gasteiger partial charge in [0.1, 0.15) is 0 Å². The van der Waals surface area contributed by atoms with Crippen molar-refractivity contribution in [2.24, 2.45) is 0 Å². The van der Waals surface area contributed by atoms with Crippen LogP contribution in [-0.2, 0) is 17.2 Å². The predicted molar refractivity (Wildman–Crippen MR) is 49.2 cm³/mol. The Morgan fingerprint density at radius 1 is 1.67 bits per heavy atom. The van der Waals surface area contributed by atoms with Gasteiger partial charge in [-0.1, -0.05) is 5.21 Å². The van der Waals surface area contributed by atoms with Crippen LogP contribution in [0.4, 0.5) is 0 Å². The Labute approximate surface area is 84.0 Å². The van der Waals surface area contributed by atoms with Crippen molar-refractivity contribution in [3.8, 4) is 0 Å². The Morgan fingerprint density at radius 3 is 3.00 bits per heavy atom. The normalized spacial score (nSPS) is 10.6. The smallest absolute Gasteiger partial charge is 0.152 e. The molecule has 1 aromatic heterocycles. The van der Waals surface area contributed by atoms with Crippen LogP contribution in [0.15, 0.2) is 4.60 Å². The number of methoxy groups -OCH3 is 1. The van der Waals surface area contributed by atoms with E-state index in [1.165, 1.54) is 0 Å². The maximum atomic E-state index is 5.69. The molecule has 0 fully saturated rings. The third-order valence-corrected chi connectivity index (χ3v) is 2.29. The van der Waals surface area contributed by atoms with Crippen LogP contribution < -0.4 is 0 Å². The number of halogens is 2. The third-order valence-electron chi connectivity index (χ3n) is 1.42. The van der Waals surface area contributed by atoms with Crippen LogP contribution in [0, 0.1) is 0 Å². The predicted octanol–water partition coefficient (Wildman–Crippen LogP) is 1.43. The van der Waals surface area contributed by atoms with E-state index in [1.54, 1.807) is 11.8 Å². The largest absolute Gasteiger partial charge is 0.383 e. The molecule has 0 saturated carbocycles. The average Bonchev–Trinajstić information content (AvgIpc) is 2.43. The summed E-state index contributed by atoms with van der Waals surface area (Å²) >= 11 is 8.94. The maximum Gasteiger partial charge on any atom is 0.152 e. The first-order chi connectivity index (χ1) is 5.79. The number of nitrogens with zero attached hydrogens (tertiary/aromatic N) is 3. The summed E-state index contributed by atoms with van der Waals surface area (Å²) < 4.78 is 7.33. The van der Waals surface area contributed by atoms with Gasteiger partial charge in [-0.3, -0.25) is 0 Å². The van der Waals surface area contributed by atoms with Crippen molar-refractivity contribution in [1.82, 2.24) is 15.0 Å². The van der Waals surface area contributed by atoms with E-state index in [0.29, 0.717) is 23.6 Å². The Balaban J connectivity index is 2.70. The molecule has 4 nitrogen and oxygen atoms in total. The van der Waals surface area contributed by atoms with Crippen LogP contribution in [0.1, 0.15) is 5.69 Å². The standard InChI is InChI=1S/C6H9BrClN3O/c1-12-3-2-11-5(4-8)6(7)9-10-11/h2-4H2,1H3. The van der Waals surface area contributed by atoms with E-state index in [2.05, 4.69) is 26.2 Å². The molecule has 0 saturated heterocycles. The third kappa shape index (κ3) is 2.18. The van der Waals surface area contributed by atoms with E-state index in [4.69, 9.17) is 16.3 Å². The van der Waals surface area contributed by atoms with Crippen molar-refractivity contribution in [1.29, 1.82) is 0 Å². The highest BCUT2D eigenvalue weighted by atomic mass is 79.9. The molecule has 0 aromatic carbocycles. The summed E-state index contributed by atoms with van der Waals surface area (Å²) in [4.78, 5) is 0. The highest BCUT2D eigenvalue weighted by Gasteiger charge is 2.07. The van der Waals surface area contributed by atoms with Gasteiger partial charge in [0.15, 0.2) is 4.60 Å². The lowest BCUT2D eigenvalue weighted by Gasteiger charge is -2.01. The van der Waals surface area contributed by atoms with Gasteiger partial charge in [-0.15, -0.1) is 16.7 Å². The summed E-state index contributed by atoms with van der Waals surface area (Å²) in [6.45, 7) is 1.29. The van der Waals surface area contributed by atoms with E-state index in [0.717, 1.165) is 5.69 Å². The minimum atomic E-state index is 0.400. The van der Waals surface area contributed by atoms with Crippen LogP contribution >= 0.6 is 27.5 Å². The van der Waals surface area contributed by atoms with E-state index >= 15 is 0 Å². The zero-order valence-electron chi connectivity index (χ0n) is 6.63. The first-order valence-corrected chi connectivity index (χ1v) is 4.75. The molecule has 68 valence electrons. The molecule has 0 atom stereocenters. The first-order valence-electron chi connectivity index (χ1n) is 3.42. The van der Waals surface area contributed by atoms with Gasteiger partial charge < -0.3 is 4.74 Å². The summed E-state index contributed by atoms with van der Waals surface area (Å²) in [5.74, 6) is 0.400. The summed E-state index contributed by atoms with van der Waals surface area (Å²) in [5, 5.41) is 7.71. The Bertz CT molecular complexity index is 253. The van der Waals surface area contributed by atoms with Crippen molar-refractivity contribution in [3.05, 3.63) is 10.3 Å². The Hall–Kier alpha value is -0.130. The molecule has 0 aliphatic rings. The molecule has 0 unspecified atom stereocenters. The molecule has 0 bridgehead atoms. The Morgan fingerprint density at radius 2 is 2.42 bits per heavy atom. The molecule has 6 heteroatoms.